The van der Waals surface area contributed by atoms with Gasteiger partial charge in [-0.05, 0) is 17.7 Å². The Morgan fingerprint density at radius 3 is 2.68 bits per heavy atom. The molecule has 0 bridgehead atoms. The van der Waals surface area contributed by atoms with Crippen molar-refractivity contribution in [3.05, 3.63) is 78.6 Å². The van der Waals surface area contributed by atoms with Crippen molar-refractivity contribution in [1.82, 2.24) is 20.2 Å². The van der Waals surface area contributed by atoms with Gasteiger partial charge in [-0.15, -0.1) is 5.10 Å². The normalized spacial score (nSPS) is 10.6. The molecule has 6 heteroatoms. The van der Waals surface area contributed by atoms with Crippen molar-refractivity contribution >= 4 is 28.4 Å². The van der Waals surface area contributed by atoms with Crippen LogP contribution in [0.5, 0.6) is 0 Å². The average molecular weight is 328 g/mol. The van der Waals surface area contributed by atoms with E-state index in [4.69, 9.17) is 0 Å². The maximum atomic E-state index is 4.47. The fourth-order valence-electron chi connectivity index (χ4n) is 2.56. The second-order valence-electron chi connectivity index (χ2n) is 5.51. The zero-order valence-corrected chi connectivity index (χ0v) is 13.4. The van der Waals surface area contributed by atoms with E-state index in [0.29, 0.717) is 18.3 Å². The van der Waals surface area contributed by atoms with Crippen LogP contribution < -0.4 is 10.6 Å². The first-order valence-corrected chi connectivity index (χ1v) is 7.97. The first-order chi connectivity index (χ1) is 12.4. The standard InChI is InChI=1S/C19H16N6/c1-2-6-14(7-3-1)12-21-19-24-17(13-22-25-19)23-16-10-4-8-15-9-5-11-20-18(15)16/h1-11,13H,12H2,(H2,21,23,24,25). The van der Waals surface area contributed by atoms with Gasteiger partial charge in [0.05, 0.1) is 17.4 Å². The van der Waals surface area contributed by atoms with Crippen molar-refractivity contribution in [3.63, 3.8) is 0 Å². The van der Waals surface area contributed by atoms with Gasteiger partial charge in [-0.2, -0.15) is 10.1 Å². The highest BCUT2D eigenvalue weighted by atomic mass is 15.3. The number of benzene rings is 2. The molecule has 2 heterocycles. The van der Waals surface area contributed by atoms with Crippen molar-refractivity contribution in [3.8, 4) is 0 Å². The lowest BCUT2D eigenvalue weighted by Gasteiger charge is -2.09. The highest BCUT2D eigenvalue weighted by Crippen LogP contribution is 2.23. The highest BCUT2D eigenvalue weighted by molar-refractivity contribution is 5.91. The molecule has 0 amide bonds. The maximum absolute atomic E-state index is 4.47. The maximum Gasteiger partial charge on any atom is 0.244 e. The van der Waals surface area contributed by atoms with E-state index >= 15 is 0 Å². The molecule has 0 aliphatic heterocycles. The van der Waals surface area contributed by atoms with Crippen LogP contribution in [0.4, 0.5) is 17.5 Å². The Labute approximate surface area is 145 Å². The summed E-state index contributed by atoms with van der Waals surface area (Å²) in [7, 11) is 0. The molecule has 4 aromatic rings. The lowest BCUT2D eigenvalue weighted by Crippen LogP contribution is -2.06. The van der Waals surface area contributed by atoms with Crippen molar-refractivity contribution < 1.29 is 0 Å². The molecule has 0 saturated heterocycles. The van der Waals surface area contributed by atoms with Crippen LogP contribution >= 0.6 is 0 Å². The summed E-state index contributed by atoms with van der Waals surface area (Å²) in [4.78, 5) is 8.90. The van der Waals surface area contributed by atoms with Crippen LogP contribution in [0.15, 0.2) is 73.1 Å². The van der Waals surface area contributed by atoms with Crippen LogP contribution in [0.1, 0.15) is 5.56 Å². The van der Waals surface area contributed by atoms with Gasteiger partial charge in [0.15, 0.2) is 5.82 Å². The van der Waals surface area contributed by atoms with Crippen LogP contribution in [0.3, 0.4) is 0 Å². The van der Waals surface area contributed by atoms with Gasteiger partial charge in [-0.25, -0.2) is 0 Å². The summed E-state index contributed by atoms with van der Waals surface area (Å²) in [5.41, 5.74) is 2.93. The summed E-state index contributed by atoms with van der Waals surface area (Å²) in [5, 5.41) is 15.6. The number of fused-ring (bicyclic) bond motifs is 1. The Bertz CT molecular complexity index is 982. The Morgan fingerprint density at radius 1 is 0.880 bits per heavy atom. The van der Waals surface area contributed by atoms with E-state index in [1.165, 1.54) is 0 Å². The lowest BCUT2D eigenvalue weighted by molar-refractivity contribution is 0.949. The van der Waals surface area contributed by atoms with Gasteiger partial charge < -0.3 is 10.6 Å². The third kappa shape index (κ3) is 3.53. The quantitative estimate of drug-likeness (QED) is 0.581. The summed E-state index contributed by atoms with van der Waals surface area (Å²) in [6.45, 7) is 0.641. The van der Waals surface area contributed by atoms with Crippen molar-refractivity contribution in [2.45, 2.75) is 6.54 Å². The first-order valence-electron chi connectivity index (χ1n) is 7.97. The van der Waals surface area contributed by atoms with Crippen LogP contribution in [-0.2, 0) is 6.54 Å². The van der Waals surface area contributed by atoms with Crippen molar-refractivity contribution in [2.24, 2.45) is 0 Å². The van der Waals surface area contributed by atoms with E-state index in [0.717, 1.165) is 22.2 Å². The molecule has 0 aliphatic rings. The summed E-state index contributed by atoms with van der Waals surface area (Å²) >= 11 is 0. The second kappa shape index (κ2) is 6.92. The van der Waals surface area contributed by atoms with Gasteiger partial charge in [-0.1, -0.05) is 48.5 Å². The number of para-hydroxylation sites is 1. The van der Waals surface area contributed by atoms with E-state index in [1.54, 1.807) is 12.4 Å². The van der Waals surface area contributed by atoms with Gasteiger partial charge in [0.1, 0.15) is 0 Å². The molecule has 0 unspecified atom stereocenters. The zero-order valence-electron chi connectivity index (χ0n) is 13.4. The predicted molar refractivity (Wildman–Crippen MR) is 98.6 cm³/mol. The van der Waals surface area contributed by atoms with E-state index in [2.05, 4.69) is 30.8 Å². The van der Waals surface area contributed by atoms with Gasteiger partial charge >= 0.3 is 0 Å². The molecule has 2 N–H and O–H groups in total. The minimum atomic E-state index is 0.474. The minimum Gasteiger partial charge on any atom is -0.349 e. The number of pyridine rings is 1. The molecule has 25 heavy (non-hydrogen) atoms. The van der Waals surface area contributed by atoms with E-state index in [1.807, 2.05) is 60.7 Å². The summed E-state index contributed by atoms with van der Waals surface area (Å²) in [6, 6.07) is 20.0. The predicted octanol–water partition coefficient (Wildman–Crippen LogP) is 3.78. The Balaban J connectivity index is 1.53. The SMILES string of the molecule is c1ccc(CNc2nncc(Nc3cccc4cccnc34)n2)cc1. The molecule has 0 radical (unpaired) electrons. The highest BCUT2D eigenvalue weighted by Gasteiger charge is 2.05. The lowest BCUT2D eigenvalue weighted by atomic mass is 10.2. The third-order valence-electron chi connectivity index (χ3n) is 3.75. The molecular formula is C19H16N6. The number of hydrogen-bond donors (Lipinski definition) is 2. The van der Waals surface area contributed by atoms with E-state index in [-0.39, 0.29) is 0 Å². The van der Waals surface area contributed by atoms with Gasteiger partial charge in [0.25, 0.3) is 0 Å². The number of nitrogens with one attached hydrogen (secondary N) is 2. The number of rotatable bonds is 5. The molecule has 4 rings (SSSR count). The Kier molecular flexibility index (Phi) is 4.16. The minimum absolute atomic E-state index is 0.474. The fourth-order valence-corrected chi connectivity index (χ4v) is 2.56. The average Bonchev–Trinajstić information content (AvgIpc) is 2.68. The number of nitrogens with zero attached hydrogens (tertiary/aromatic N) is 4. The van der Waals surface area contributed by atoms with Crippen LogP contribution in [0.25, 0.3) is 10.9 Å². The fraction of sp³-hybridized carbons (Fsp3) is 0.0526. The molecule has 0 atom stereocenters. The zero-order chi connectivity index (χ0) is 16.9. The number of hydrogen-bond acceptors (Lipinski definition) is 6. The molecule has 0 saturated carbocycles. The van der Waals surface area contributed by atoms with Gasteiger partial charge in [0.2, 0.25) is 5.95 Å². The molecule has 0 aliphatic carbocycles. The van der Waals surface area contributed by atoms with Crippen molar-refractivity contribution in [2.75, 3.05) is 10.6 Å². The smallest absolute Gasteiger partial charge is 0.244 e. The summed E-state index contributed by atoms with van der Waals surface area (Å²) in [6.07, 6.45) is 3.37. The molecule has 6 nitrogen and oxygen atoms in total. The van der Waals surface area contributed by atoms with Crippen LogP contribution in [-0.4, -0.2) is 20.2 Å². The molecule has 2 aromatic heterocycles. The molecule has 0 fully saturated rings. The number of anilines is 3. The molecular weight excluding hydrogens is 312 g/mol. The van der Waals surface area contributed by atoms with Crippen molar-refractivity contribution in [1.29, 1.82) is 0 Å². The van der Waals surface area contributed by atoms with E-state index in [9.17, 15) is 0 Å². The monoisotopic (exact) mass is 328 g/mol. The largest absolute Gasteiger partial charge is 0.349 e. The van der Waals surface area contributed by atoms with Gasteiger partial charge in [-0.3, -0.25) is 4.98 Å². The molecule has 2 aromatic carbocycles. The van der Waals surface area contributed by atoms with Crippen LogP contribution in [0.2, 0.25) is 0 Å². The second-order valence-corrected chi connectivity index (χ2v) is 5.51. The van der Waals surface area contributed by atoms with Crippen LogP contribution in [0, 0.1) is 0 Å². The Hall–Kier alpha value is -3.54. The topological polar surface area (TPSA) is 75.6 Å². The van der Waals surface area contributed by atoms with E-state index < -0.39 is 0 Å². The summed E-state index contributed by atoms with van der Waals surface area (Å²) < 4.78 is 0. The number of aromatic nitrogens is 4. The summed E-state index contributed by atoms with van der Waals surface area (Å²) in [5.74, 6) is 1.09. The first kappa shape index (κ1) is 15.0. The molecule has 122 valence electrons. The Morgan fingerprint density at radius 2 is 1.76 bits per heavy atom. The van der Waals surface area contributed by atoms with Gasteiger partial charge in [0, 0.05) is 18.1 Å². The third-order valence-corrected chi connectivity index (χ3v) is 3.75. The molecule has 0 spiro atoms.